The Morgan fingerprint density at radius 2 is 1.81 bits per heavy atom. The Hall–Kier alpha value is -2.66. The fourth-order valence-corrected chi connectivity index (χ4v) is 6.67. The average Bonchev–Trinajstić information content (AvgIpc) is 3.29. The zero-order chi connectivity index (χ0) is 27.0. The van der Waals surface area contributed by atoms with Crippen molar-refractivity contribution in [2.45, 2.75) is 11.9 Å². The number of hydrogen-bond donors (Lipinski definition) is 5. The molecule has 0 atom stereocenters. The van der Waals surface area contributed by atoms with Crippen molar-refractivity contribution in [3.8, 4) is 17.1 Å². The summed E-state index contributed by atoms with van der Waals surface area (Å²) in [6.45, 7) is 0. The van der Waals surface area contributed by atoms with E-state index < -0.39 is 20.7 Å². The standard InChI is InChI=1S/C22H20ClN3O8P2S/c1-34-16-10-14(9-15(23)11-16)18(27)8-12-3-2-4-13(7-12)19-24-20(17-5-6-37-21(17)25-19)26-22(35(28,29)30)36(31,32)33/h2-7,9-11,22H,8H2,1H3,(H,24,25,26)(H2,28,29,30)(H2,31,32,33). The number of carbonyl (C=O) groups excluding carboxylic acids is 1. The van der Waals surface area contributed by atoms with E-state index in [4.69, 9.17) is 16.3 Å². The first kappa shape index (κ1) is 27.4. The molecule has 0 aliphatic rings. The van der Waals surface area contributed by atoms with Gasteiger partial charge in [0.25, 0.3) is 0 Å². The topological polar surface area (TPSA) is 179 Å². The lowest BCUT2D eigenvalue weighted by Gasteiger charge is -2.21. The summed E-state index contributed by atoms with van der Waals surface area (Å²) >= 11 is 7.29. The van der Waals surface area contributed by atoms with Gasteiger partial charge in [-0.05, 0) is 41.3 Å². The quantitative estimate of drug-likeness (QED) is 0.138. The van der Waals surface area contributed by atoms with Gasteiger partial charge in [-0.1, -0.05) is 29.8 Å². The van der Waals surface area contributed by atoms with Crippen molar-refractivity contribution in [2.75, 3.05) is 12.4 Å². The number of nitrogens with zero attached hydrogens (tertiary/aromatic N) is 2. The second-order valence-electron chi connectivity index (χ2n) is 7.91. The summed E-state index contributed by atoms with van der Waals surface area (Å²) in [7, 11) is -9.05. The number of aromatic nitrogens is 2. The largest absolute Gasteiger partial charge is 0.497 e. The van der Waals surface area contributed by atoms with Crippen molar-refractivity contribution in [1.82, 2.24) is 9.97 Å². The molecule has 2 aromatic carbocycles. The van der Waals surface area contributed by atoms with Gasteiger partial charge in [-0.15, -0.1) is 11.3 Å². The van der Waals surface area contributed by atoms with Crippen LogP contribution in [0.15, 0.2) is 53.9 Å². The fourth-order valence-electron chi connectivity index (χ4n) is 3.53. The lowest BCUT2D eigenvalue weighted by Crippen LogP contribution is -2.21. The zero-order valence-electron chi connectivity index (χ0n) is 19.0. The molecule has 37 heavy (non-hydrogen) atoms. The Balaban J connectivity index is 1.69. The molecule has 2 heterocycles. The van der Waals surface area contributed by atoms with Crippen LogP contribution < -0.4 is 10.1 Å². The molecule has 15 heteroatoms. The summed E-state index contributed by atoms with van der Waals surface area (Å²) in [6, 6.07) is 13.1. The molecule has 0 aliphatic heterocycles. The molecule has 0 radical (unpaired) electrons. The molecule has 5 N–H and O–H groups in total. The van der Waals surface area contributed by atoms with Gasteiger partial charge in [-0.3, -0.25) is 13.9 Å². The van der Waals surface area contributed by atoms with E-state index in [1.807, 2.05) is 0 Å². The van der Waals surface area contributed by atoms with Crippen LogP contribution in [-0.2, 0) is 15.6 Å². The minimum atomic E-state index is -5.26. The van der Waals surface area contributed by atoms with Gasteiger partial charge in [0, 0.05) is 22.6 Å². The third-order valence-electron chi connectivity index (χ3n) is 5.21. The Morgan fingerprint density at radius 3 is 2.49 bits per heavy atom. The van der Waals surface area contributed by atoms with Crippen LogP contribution in [0.3, 0.4) is 0 Å². The number of methoxy groups -OCH3 is 1. The first-order valence-corrected chi connectivity index (χ1v) is 15.1. The predicted octanol–water partition coefficient (Wildman–Crippen LogP) is 4.50. The van der Waals surface area contributed by atoms with Gasteiger partial charge >= 0.3 is 15.2 Å². The Morgan fingerprint density at radius 1 is 1.08 bits per heavy atom. The molecule has 0 unspecified atom stereocenters. The first-order valence-electron chi connectivity index (χ1n) is 10.4. The van der Waals surface area contributed by atoms with Crippen LogP contribution in [0.1, 0.15) is 15.9 Å². The SMILES string of the molecule is COc1cc(Cl)cc(C(=O)Cc2cccc(-c3nc(NC(P(=O)(O)O)P(=O)(O)O)c4ccsc4n3)c2)c1. The number of fused-ring (bicyclic) bond motifs is 1. The predicted molar refractivity (Wildman–Crippen MR) is 140 cm³/mol. The van der Waals surface area contributed by atoms with Gasteiger partial charge in [0.1, 0.15) is 16.4 Å². The van der Waals surface area contributed by atoms with E-state index in [9.17, 15) is 33.5 Å². The van der Waals surface area contributed by atoms with Crippen molar-refractivity contribution < 1.29 is 38.2 Å². The number of Topliss-reactive ketones (excluding diaryl/α,β-unsaturated/α-hetero) is 1. The highest BCUT2D eigenvalue weighted by atomic mass is 35.5. The van der Waals surface area contributed by atoms with E-state index >= 15 is 0 Å². The van der Waals surface area contributed by atoms with Crippen molar-refractivity contribution in [1.29, 1.82) is 0 Å². The van der Waals surface area contributed by atoms with Gasteiger partial charge in [0.15, 0.2) is 11.6 Å². The van der Waals surface area contributed by atoms with Crippen LogP contribution >= 0.6 is 38.1 Å². The van der Waals surface area contributed by atoms with Crippen LogP contribution in [0, 0.1) is 0 Å². The summed E-state index contributed by atoms with van der Waals surface area (Å²) in [5, 5.41) is 4.59. The fraction of sp³-hybridized carbons (Fsp3) is 0.136. The summed E-state index contributed by atoms with van der Waals surface area (Å²) in [4.78, 5) is 60.1. The molecular formula is C22H20ClN3O8P2S. The molecule has 0 amide bonds. The smallest absolute Gasteiger partial charge is 0.360 e. The minimum Gasteiger partial charge on any atom is -0.497 e. The number of halogens is 1. The molecule has 194 valence electrons. The number of thiophene rings is 1. The maximum atomic E-state index is 12.9. The van der Waals surface area contributed by atoms with Gasteiger partial charge in [-0.2, -0.15) is 0 Å². The Labute approximate surface area is 219 Å². The first-order chi connectivity index (χ1) is 17.3. The van der Waals surface area contributed by atoms with E-state index in [2.05, 4.69) is 15.3 Å². The highest BCUT2D eigenvalue weighted by Gasteiger charge is 2.44. The van der Waals surface area contributed by atoms with Gasteiger partial charge in [-0.25, -0.2) is 9.97 Å². The van der Waals surface area contributed by atoms with Crippen molar-refractivity contribution in [3.63, 3.8) is 0 Å². The zero-order valence-corrected chi connectivity index (χ0v) is 22.3. The minimum absolute atomic E-state index is 0.0299. The van der Waals surface area contributed by atoms with Crippen molar-refractivity contribution in [3.05, 3.63) is 70.1 Å². The maximum absolute atomic E-state index is 12.9. The summed E-state index contributed by atoms with van der Waals surface area (Å²) in [5.74, 6) is 0.226. The monoisotopic (exact) mass is 583 g/mol. The third kappa shape index (κ3) is 6.43. The summed E-state index contributed by atoms with van der Waals surface area (Å²) in [5.41, 5.74) is -0.992. The Bertz CT molecular complexity index is 1560. The van der Waals surface area contributed by atoms with Crippen molar-refractivity contribution in [2.24, 2.45) is 0 Å². The molecule has 0 saturated heterocycles. The van der Waals surface area contributed by atoms with Crippen LogP contribution in [-0.4, -0.2) is 48.0 Å². The highest BCUT2D eigenvalue weighted by molar-refractivity contribution is 7.71. The molecule has 0 fully saturated rings. The molecule has 2 aromatic heterocycles. The number of anilines is 1. The van der Waals surface area contributed by atoms with Crippen LogP contribution in [0.4, 0.5) is 5.82 Å². The van der Waals surface area contributed by atoms with E-state index in [0.29, 0.717) is 37.7 Å². The lowest BCUT2D eigenvalue weighted by atomic mass is 10.0. The van der Waals surface area contributed by atoms with Gasteiger partial charge in [0.2, 0.25) is 5.52 Å². The number of nitrogens with one attached hydrogen (secondary N) is 1. The molecule has 4 aromatic rings. The summed E-state index contributed by atoms with van der Waals surface area (Å²) in [6.07, 6.45) is 0.0299. The molecule has 0 aliphatic carbocycles. The number of benzene rings is 2. The van der Waals surface area contributed by atoms with E-state index in [-0.39, 0.29) is 23.8 Å². The van der Waals surface area contributed by atoms with Crippen molar-refractivity contribution >= 4 is 59.9 Å². The number of carbonyl (C=O) groups is 1. The van der Waals surface area contributed by atoms with E-state index in [1.54, 1.807) is 53.9 Å². The normalized spacial score (nSPS) is 12.2. The molecule has 11 nitrogen and oxygen atoms in total. The molecule has 0 spiro atoms. The van der Waals surface area contributed by atoms with E-state index in [0.717, 1.165) is 0 Å². The lowest BCUT2D eigenvalue weighted by molar-refractivity contribution is 0.0992. The van der Waals surface area contributed by atoms with Crippen LogP contribution in [0.2, 0.25) is 5.02 Å². The van der Waals surface area contributed by atoms with Crippen LogP contribution in [0.25, 0.3) is 21.6 Å². The third-order valence-corrected chi connectivity index (χ3v) is 9.57. The Kier molecular flexibility index (Phi) is 7.85. The van der Waals surface area contributed by atoms with Crippen LogP contribution in [0.5, 0.6) is 5.75 Å². The van der Waals surface area contributed by atoms with E-state index in [1.165, 1.54) is 18.4 Å². The van der Waals surface area contributed by atoms with Gasteiger partial charge < -0.3 is 29.6 Å². The summed E-state index contributed by atoms with van der Waals surface area (Å²) < 4.78 is 28.7. The number of ketones is 1. The second kappa shape index (κ2) is 10.6. The van der Waals surface area contributed by atoms with Gasteiger partial charge in [0.05, 0.1) is 12.5 Å². The highest BCUT2D eigenvalue weighted by Crippen LogP contribution is 2.59. The number of rotatable bonds is 9. The molecule has 0 saturated carbocycles. The molecular weight excluding hydrogens is 564 g/mol. The second-order valence-corrected chi connectivity index (χ2v) is 13.0. The molecule has 0 bridgehead atoms. The number of hydrogen-bond acceptors (Lipinski definition) is 8. The number of ether oxygens (including phenoxy) is 1. The molecule has 4 rings (SSSR count). The average molecular weight is 584 g/mol. The maximum Gasteiger partial charge on any atom is 0.360 e.